The first kappa shape index (κ1) is 11.7. The minimum Gasteiger partial charge on any atom is -0.398 e. The van der Waals surface area contributed by atoms with Crippen molar-refractivity contribution in [2.24, 2.45) is 0 Å². The fraction of sp³-hybridized carbons (Fsp3) is 0.500. The predicted molar refractivity (Wildman–Crippen MR) is 66.4 cm³/mol. The van der Waals surface area contributed by atoms with Crippen LogP contribution < -0.4 is 5.73 Å². The molecule has 1 saturated carbocycles. The van der Waals surface area contributed by atoms with Gasteiger partial charge in [-0.05, 0) is 25.0 Å². The predicted octanol–water partition coefficient (Wildman–Crippen LogP) is 1.88. The Labute approximate surface area is 101 Å². The van der Waals surface area contributed by atoms with Gasteiger partial charge in [0.1, 0.15) is 0 Å². The van der Waals surface area contributed by atoms with Crippen molar-refractivity contribution in [2.45, 2.75) is 25.4 Å². The number of nitrogen functional groups attached to an aromatic ring is 1. The summed E-state index contributed by atoms with van der Waals surface area (Å²) in [6.07, 6.45) is 2.43. The van der Waals surface area contributed by atoms with Crippen molar-refractivity contribution in [1.29, 1.82) is 0 Å². The zero-order valence-electron chi connectivity index (χ0n) is 9.19. The largest absolute Gasteiger partial charge is 0.398 e. The minimum absolute atomic E-state index is 0.181. The molecule has 1 aliphatic rings. The van der Waals surface area contributed by atoms with Crippen molar-refractivity contribution < 1.29 is 5.11 Å². The summed E-state index contributed by atoms with van der Waals surface area (Å²) in [7, 11) is 0. The summed E-state index contributed by atoms with van der Waals surface area (Å²) >= 11 is 6.13. The van der Waals surface area contributed by atoms with Crippen LogP contribution in [-0.2, 0) is 6.54 Å². The SMILES string of the molecule is Nc1cccc(Cl)c1CN(CCO)C1CC1. The monoisotopic (exact) mass is 240 g/mol. The van der Waals surface area contributed by atoms with Crippen LogP contribution in [0.5, 0.6) is 0 Å². The number of anilines is 1. The number of aliphatic hydroxyl groups excluding tert-OH is 1. The van der Waals surface area contributed by atoms with Gasteiger partial charge < -0.3 is 10.8 Å². The second kappa shape index (κ2) is 5.04. The summed E-state index contributed by atoms with van der Waals surface area (Å²) in [5.41, 5.74) is 7.62. The third-order valence-electron chi connectivity index (χ3n) is 2.97. The summed E-state index contributed by atoms with van der Waals surface area (Å²) in [4.78, 5) is 2.25. The molecule has 16 heavy (non-hydrogen) atoms. The van der Waals surface area contributed by atoms with Crippen LogP contribution >= 0.6 is 11.6 Å². The Kier molecular flexibility index (Phi) is 3.69. The summed E-state index contributed by atoms with van der Waals surface area (Å²) in [5.74, 6) is 0. The Morgan fingerprint density at radius 3 is 2.75 bits per heavy atom. The topological polar surface area (TPSA) is 49.5 Å². The molecule has 0 spiro atoms. The Morgan fingerprint density at radius 1 is 1.44 bits per heavy atom. The molecule has 4 heteroatoms. The maximum Gasteiger partial charge on any atom is 0.0558 e. The Bertz CT molecular complexity index is 346. The molecule has 0 bridgehead atoms. The van der Waals surface area contributed by atoms with Crippen LogP contribution in [0.3, 0.4) is 0 Å². The molecule has 1 aromatic carbocycles. The summed E-state index contributed by atoms with van der Waals surface area (Å²) in [5, 5.41) is 9.74. The molecule has 0 amide bonds. The molecule has 1 aromatic rings. The number of benzene rings is 1. The van der Waals surface area contributed by atoms with E-state index in [9.17, 15) is 0 Å². The lowest BCUT2D eigenvalue weighted by Crippen LogP contribution is -2.29. The van der Waals surface area contributed by atoms with Crippen LogP contribution in [-0.4, -0.2) is 29.2 Å². The van der Waals surface area contributed by atoms with Gasteiger partial charge in [-0.1, -0.05) is 17.7 Å². The van der Waals surface area contributed by atoms with Crippen molar-refractivity contribution in [3.63, 3.8) is 0 Å². The smallest absolute Gasteiger partial charge is 0.0558 e. The molecule has 0 unspecified atom stereocenters. The highest BCUT2D eigenvalue weighted by Gasteiger charge is 2.29. The van der Waals surface area contributed by atoms with E-state index in [2.05, 4.69) is 4.90 Å². The number of hydrogen-bond donors (Lipinski definition) is 2. The number of halogens is 1. The average Bonchev–Trinajstić information content (AvgIpc) is 3.06. The molecule has 2 rings (SSSR count). The Morgan fingerprint density at radius 2 is 2.19 bits per heavy atom. The van der Waals surface area contributed by atoms with Crippen LogP contribution in [0.1, 0.15) is 18.4 Å². The third-order valence-corrected chi connectivity index (χ3v) is 3.32. The highest BCUT2D eigenvalue weighted by atomic mass is 35.5. The van der Waals surface area contributed by atoms with E-state index < -0.39 is 0 Å². The van der Waals surface area contributed by atoms with Gasteiger partial charge in [0.15, 0.2) is 0 Å². The second-order valence-corrected chi connectivity index (χ2v) is 4.64. The molecule has 0 aromatic heterocycles. The molecule has 0 saturated heterocycles. The number of nitrogens with zero attached hydrogens (tertiary/aromatic N) is 1. The Hall–Kier alpha value is -0.770. The van der Waals surface area contributed by atoms with Gasteiger partial charge >= 0.3 is 0 Å². The quantitative estimate of drug-likeness (QED) is 0.773. The van der Waals surface area contributed by atoms with Crippen LogP contribution in [0.4, 0.5) is 5.69 Å². The lowest BCUT2D eigenvalue weighted by Gasteiger charge is -2.22. The number of hydrogen-bond acceptors (Lipinski definition) is 3. The van der Waals surface area contributed by atoms with Gasteiger partial charge in [-0.15, -0.1) is 0 Å². The van der Waals surface area contributed by atoms with E-state index in [1.54, 1.807) is 0 Å². The molecule has 1 fully saturated rings. The van der Waals surface area contributed by atoms with E-state index in [1.165, 1.54) is 12.8 Å². The first-order chi connectivity index (χ1) is 7.72. The average molecular weight is 241 g/mol. The van der Waals surface area contributed by atoms with Gasteiger partial charge in [-0.25, -0.2) is 0 Å². The third kappa shape index (κ3) is 2.67. The fourth-order valence-electron chi connectivity index (χ4n) is 1.90. The molecule has 88 valence electrons. The molecular weight excluding hydrogens is 224 g/mol. The molecule has 0 radical (unpaired) electrons. The van der Waals surface area contributed by atoms with E-state index in [1.807, 2.05) is 18.2 Å². The highest BCUT2D eigenvalue weighted by molar-refractivity contribution is 6.31. The lowest BCUT2D eigenvalue weighted by molar-refractivity contribution is 0.183. The molecule has 1 aliphatic carbocycles. The highest BCUT2D eigenvalue weighted by Crippen LogP contribution is 2.31. The van der Waals surface area contributed by atoms with Gasteiger partial charge in [-0.3, -0.25) is 4.90 Å². The Balaban J connectivity index is 2.11. The first-order valence-electron chi connectivity index (χ1n) is 5.60. The summed E-state index contributed by atoms with van der Waals surface area (Å²) < 4.78 is 0. The summed E-state index contributed by atoms with van der Waals surface area (Å²) in [6, 6.07) is 6.18. The van der Waals surface area contributed by atoms with Crippen molar-refractivity contribution in [2.75, 3.05) is 18.9 Å². The van der Waals surface area contributed by atoms with Crippen molar-refractivity contribution in [1.82, 2.24) is 4.90 Å². The first-order valence-corrected chi connectivity index (χ1v) is 5.98. The number of rotatable bonds is 5. The van der Waals surface area contributed by atoms with Gasteiger partial charge in [0.05, 0.1) is 6.61 Å². The van der Waals surface area contributed by atoms with Gasteiger partial charge in [0.25, 0.3) is 0 Å². The van der Waals surface area contributed by atoms with Gasteiger partial charge in [0, 0.05) is 35.4 Å². The molecule has 0 atom stereocenters. The van der Waals surface area contributed by atoms with Crippen LogP contribution in [0.15, 0.2) is 18.2 Å². The van der Waals surface area contributed by atoms with E-state index in [0.717, 1.165) is 17.8 Å². The van der Waals surface area contributed by atoms with Crippen molar-refractivity contribution >= 4 is 17.3 Å². The van der Waals surface area contributed by atoms with E-state index >= 15 is 0 Å². The van der Waals surface area contributed by atoms with E-state index in [4.69, 9.17) is 22.4 Å². The molecule has 3 nitrogen and oxygen atoms in total. The normalized spacial score (nSPS) is 15.7. The van der Waals surface area contributed by atoms with Crippen LogP contribution in [0, 0.1) is 0 Å². The van der Waals surface area contributed by atoms with Gasteiger partial charge in [0.2, 0.25) is 0 Å². The molecule has 0 aliphatic heterocycles. The molecular formula is C12H17ClN2O. The fourth-order valence-corrected chi connectivity index (χ4v) is 2.15. The van der Waals surface area contributed by atoms with Crippen LogP contribution in [0.25, 0.3) is 0 Å². The van der Waals surface area contributed by atoms with Crippen LogP contribution in [0.2, 0.25) is 5.02 Å². The lowest BCUT2D eigenvalue weighted by atomic mass is 10.1. The maximum atomic E-state index is 9.02. The summed E-state index contributed by atoms with van der Waals surface area (Å²) in [6.45, 7) is 1.60. The zero-order chi connectivity index (χ0) is 11.5. The standard InChI is InChI=1S/C12H17ClN2O/c13-11-2-1-3-12(14)10(11)8-15(6-7-16)9-4-5-9/h1-3,9,16H,4-8,14H2. The van der Waals surface area contributed by atoms with E-state index in [0.29, 0.717) is 17.6 Å². The van der Waals surface area contributed by atoms with Crippen molar-refractivity contribution in [3.05, 3.63) is 28.8 Å². The molecule has 0 heterocycles. The zero-order valence-corrected chi connectivity index (χ0v) is 9.95. The van der Waals surface area contributed by atoms with Crippen molar-refractivity contribution in [3.8, 4) is 0 Å². The molecule has 3 N–H and O–H groups in total. The second-order valence-electron chi connectivity index (χ2n) is 4.23. The van der Waals surface area contributed by atoms with E-state index in [-0.39, 0.29) is 6.61 Å². The number of nitrogens with two attached hydrogens (primary N) is 1. The number of aliphatic hydroxyl groups is 1. The maximum absolute atomic E-state index is 9.02. The van der Waals surface area contributed by atoms with Gasteiger partial charge in [-0.2, -0.15) is 0 Å². The minimum atomic E-state index is 0.181.